The number of nitrogens with zero attached hydrogens (tertiary/aromatic N) is 6. The number of thioether (sulfide) groups is 1. The predicted octanol–water partition coefficient (Wildman–Crippen LogP) is 4.34. The Kier molecular flexibility index (Phi) is 5.14. The molecule has 148 valence electrons. The first-order chi connectivity index (χ1) is 14.9. The Balaban J connectivity index is 1.42. The van der Waals surface area contributed by atoms with Crippen molar-refractivity contribution >= 4 is 22.8 Å². The maximum absolute atomic E-state index is 5.92. The molecule has 0 aliphatic carbocycles. The van der Waals surface area contributed by atoms with Gasteiger partial charge >= 0.3 is 0 Å². The van der Waals surface area contributed by atoms with Crippen LogP contribution in [-0.4, -0.2) is 29.8 Å². The first-order valence-corrected chi connectivity index (χ1v) is 10.5. The summed E-state index contributed by atoms with van der Waals surface area (Å²) in [5, 5.41) is 18.1. The van der Waals surface area contributed by atoms with Gasteiger partial charge in [0.1, 0.15) is 17.9 Å². The zero-order valence-corrected chi connectivity index (χ0v) is 16.8. The van der Waals surface area contributed by atoms with Crippen molar-refractivity contribution in [1.82, 2.24) is 29.8 Å². The molecular formula is C22H18N6OS. The second kappa shape index (κ2) is 8.38. The topological polar surface area (TPSA) is 70.7 Å². The van der Waals surface area contributed by atoms with Crippen molar-refractivity contribution < 1.29 is 4.74 Å². The molecule has 3 aromatic carbocycles. The van der Waals surface area contributed by atoms with Crippen molar-refractivity contribution in [2.75, 3.05) is 0 Å². The molecule has 7 nitrogen and oxygen atoms in total. The molecule has 0 saturated carbocycles. The molecule has 0 aliphatic heterocycles. The second-order valence-electron chi connectivity index (χ2n) is 6.52. The van der Waals surface area contributed by atoms with Crippen molar-refractivity contribution in [3.8, 4) is 11.4 Å². The fourth-order valence-electron chi connectivity index (χ4n) is 3.12. The van der Waals surface area contributed by atoms with Gasteiger partial charge in [-0.15, -0.1) is 15.3 Å². The van der Waals surface area contributed by atoms with Gasteiger partial charge in [-0.25, -0.2) is 4.68 Å². The lowest BCUT2D eigenvalue weighted by Crippen LogP contribution is -2.07. The van der Waals surface area contributed by atoms with E-state index in [1.54, 1.807) is 11.8 Å². The van der Waals surface area contributed by atoms with Gasteiger partial charge in [-0.3, -0.25) is 4.57 Å². The molecule has 0 fully saturated rings. The van der Waals surface area contributed by atoms with Gasteiger partial charge in [0, 0.05) is 5.69 Å². The van der Waals surface area contributed by atoms with Crippen LogP contribution in [0.1, 0.15) is 5.82 Å². The third kappa shape index (κ3) is 3.77. The minimum atomic E-state index is 0.318. The molecule has 5 rings (SSSR count). The molecule has 30 heavy (non-hydrogen) atoms. The van der Waals surface area contributed by atoms with Crippen molar-refractivity contribution in [2.24, 2.45) is 0 Å². The summed E-state index contributed by atoms with van der Waals surface area (Å²) in [5.74, 6) is 2.10. The first kappa shape index (κ1) is 18.4. The molecule has 0 saturated heterocycles. The normalized spacial score (nSPS) is 11.1. The van der Waals surface area contributed by atoms with E-state index in [0.29, 0.717) is 12.5 Å². The number of hydrogen-bond donors (Lipinski definition) is 0. The van der Waals surface area contributed by atoms with Gasteiger partial charge < -0.3 is 4.74 Å². The highest BCUT2D eigenvalue weighted by Crippen LogP contribution is 2.25. The number of benzene rings is 3. The molecule has 0 unspecified atom stereocenters. The summed E-state index contributed by atoms with van der Waals surface area (Å²) in [7, 11) is 0. The molecule has 2 heterocycles. The van der Waals surface area contributed by atoms with Crippen LogP contribution in [0.2, 0.25) is 0 Å². The largest absolute Gasteiger partial charge is 0.486 e. The van der Waals surface area contributed by atoms with Crippen LogP contribution in [-0.2, 0) is 12.5 Å². The summed E-state index contributed by atoms with van der Waals surface area (Å²) in [6.07, 6.45) is 0. The lowest BCUT2D eigenvalue weighted by molar-refractivity contribution is 0.293. The quantitative estimate of drug-likeness (QED) is 0.369. The Labute approximate surface area is 177 Å². The molecule has 0 N–H and O–H groups in total. The van der Waals surface area contributed by atoms with Gasteiger partial charge in [0.15, 0.2) is 11.0 Å². The van der Waals surface area contributed by atoms with E-state index in [-0.39, 0.29) is 0 Å². The zero-order valence-electron chi connectivity index (χ0n) is 16.0. The van der Waals surface area contributed by atoms with E-state index >= 15 is 0 Å². The number of para-hydroxylation sites is 3. The SMILES string of the molecule is c1ccc(OCc2nnc(SCn3nnc4ccccc43)n2-c2ccccc2)cc1. The van der Waals surface area contributed by atoms with Crippen LogP contribution in [0.3, 0.4) is 0 Å². The molecule has 8 heteroatoms. The Morgan fingerprint density at radius 1 is 0.767 bits per heavy atom. The van der Waals surface area contributed by atoms with E-state index in [9.17, 15) is 0 Å². The first-order valence-electron chi connectivity index (χ1n) is 9.47. The molecule has 2 aromatic heterocycles. The monoisotopic (exact) mass is 414 g/mol. The fourth-order valence-corrected chi connectivity index (χ4v) is 3.99. The average Bonchev–Trinajstić information content (AvgIpc) is 3.41. The number of ether oxygens (including phenoxy) is 1. The lowest BCUT2D eigenvalue weighted by Gasteiger charge is -2.11. The summed E-state index contributed by atoms with van der Waals surface area (Å²) in [6, 6.07) is 27.7. The molecular weight excluding hydrogens is 396 g/mol. The Hall–Kier alpha value is -3.65. The third-order valence-electron chi connectivity index (χ3n) is 4.56. The van der Waals surface area contributed by atoms with Crippen LogP contribution in [0.5, 0.6) is 5.75 Å². The summed E-state index contributed by atoms with van der Waals surface area (Å²) < 4.78 is 9.80. The van der Waals surface area contributed by atoms with Crippen LogP contribution >= 0.6 is 11.8 Å². The highest BCUT2D eigenvalue weighted by atomic mass is 32.2. The van der Waals surface area contributed by atoms with Crippen LogP contribution in [0.15, 0.2) is 90.1 Å². The van der Waals surface area contributed by atoms with Gasteiger partial charge in [-0.1, -0.05) is 65.5 Å². The van der Waals surface area contributed by atoms with E-state index in [0.717, 1.165) is 33.5 Å². The fraction of sp³-hybridized carbons (Fsp3) is 0.0909. The average molecular weight is 414 g/mol. The van der Waals surface area contributed by atoms with Gasteiger partial charge in [0.2, 0.25) is 0 Å². The second-order valence-corrected chi connectivity index (χ2v) is 7.43. The Morgan fingerprint density at radius 2 is 1.50 bits per heavy atom. The van der Waals surface area contributed by atoms with E-state index in [2.05, 4.69) is 20.5 Å². The standard InChI is InChI=1S/C22H18N6OS/c1-3-9-17(10-4-1)28-21(15-29-18-11-5-2-6-12-18)24-25-22(28)30-16-27-20-14-8-7-13-19(20)23-26-27/h1-14H,15-16H2. The van der Waals surface area contributed by atoms with Gasteiger partial charge in [-0.05, 0) is 36.4 Å². The highest BCUT2D eigenvalue weighted by molar-refractivity contribution is 7.98. The predicted molar refractivity (Wildman–Crippen MR) is 116 cm³/mol. The van der Waals surface area contributed by atoms with Crippen molar-refractivity contribution in [2.45, 2.75) is 17.6 Å². The molecule has 5 aromatic rings. The minimum Gasteiger partial charge on any atom is -0.486 e. The maximum Gasteiger partial charge on any atom is 0.197 e. The molecule has 0 atom stereocenters. The van der Waals surface area contributed by atoms with Gasteiger partial charge in [-0.2, -0.15) is 0 Å². The van der Waals surface area contributed by atoms with E-state index in [4.69, 9.17) is 4.74 Å². The third-order valence-corrected chi connectivity index (χ3v) is 5.46. The van der Waals surface area contributed by atoms with Gasteiger partial charge in [0.05, 0.1) is 11.4 Å². The van der Waals surface area contributed by atoms with Crippen LogP contribution in [0.25, 0.3) is 16.7 Å². The molecule has 0 radical (unpaired) electrons. The van der Waals surface area contributed by atoms with E-state index in [1.165, 1.54) is 0 Å². The molecule has 0 spiro atoms. The highest BCUT2D eigenvalue weighted by Gasteiger charge is 2.16. The molecule has 0 amide bonds. The smallest absolute Gasteiger partial charge is 0.197 e. The van der Waals surface area contributed by atoms with Crippen molar-refractivity contribution in [1.29, 1.82) is 0 Å². The Morgan fingerprint density at radius 3 is 2.33 bits per heavy atom. The molecule has 0 aliphatic rings. The van der Waals surface area contributed by atoms with Crippen LogP contribution in [0.4, 0.5) is 0 Å². The summed E-state index contributed by atoms with van der Waals surface area (Å²) >= 11 is 1.55. The number of fused-ring (bicyclic) bond motifs is 1. The maximum atomic E-state index is 5.92. The van der Waals surface area contributed by atoms with Crippen molar-refractivity contribution in [3.63, 3.8) is 0 Å². The minimum absolute atomic E-state index is 0.318. The summed E-state index contributed by atoms with van der Waals surface area (Å²) in [4.78, 5) is 0. The number of aromatic nitrogens is 6. The number of hydrogen-bond acceptors (Lipinski definition) is 6. The van der Waals surface area contributed by atoms with Gasteiger partial charge in [0.25, 0.3) is 0 Å². The van der Waals surface area contributed by atoms with Crippen LogP contribution < -0.4 is 4.74 Å². The summed E-state index contributed by atoms with van der Waals surface area (Å²) in [5.41, 5.74) is 2.85. The zero-order chi connectivity index (χ0) is 20.2. The van der Waals surface area contributed by atoms with Crippen molar-refractivity contribution in [3.05, 3.63) is 90.8 Å². The number of rotatable bonds is 7. The molecule has 0 bridgehead atoms. The Bertz CT molecular complexity index is 1250. The lowest BCUT2D eigenvalue weighted by atomic mass is 10.3. The van der Waals surface area contributed by atoms with Crippen LogP contribution in [0, 0.1) is 0 Å². The van der Waals surface area contributed by atoms with E-state index < -0.39 is 0 Å². The summed E-state index contributed by atoms with van der Waals surface area (Å²) in [6.45, 7) is 0.318. The van der Waals surface area contributed by atoms with E-state index in [1.807, 2.05) is 94.2 Å².